The molecule has 19 heavy (non-hydrogen) atoms. The van der Waals surface area contributed by atoms with Crippen molar-refractivity contribution in [2.24, 2.45) is 0 Å². The minimum absolute atomic E-state index is 0.0346. The van der Waals surface area contributed by atoms with Gasteiger partial charge in [-0.15, -0.1) is 0 Å². The van der Waals surface area contributed by atoms with E-state index < -0.39 is 0 Å². The van der Waals surface area contributed by atoms with Crippen molar-refractivity contribution in [2.75, 3.05) is 5.32 Å². The number of anilines is 1. The summed E-state index contributed by atoms with van der Waals surface area (Å²) in [5, 5.41) is 12.5. The number of aryl methyl sites for hydroxylation is 2. The third-order valence-electron chi connectivity index (χ3n) is 3.06. The van der Waals surface area contributed by atoms with Gasteiger partial charge in [0.15, 0.2) is 0 Å². The molecule has 1 atom stereocenters. The zero-order valence-electron chi connectivity index (χ0n) is 11.4. The van der Waals surface area contributed by atoms with E-state index in [1.165, 1.54) is 11.1 Å². The van der Waals surface area contributed by atoms with Crippen LogP contribution in [0.25, 0.3) is 0 Å². The summed E-state index contributed by atoms with van der Waals surface area (Å²) in [4.78, 5) is 0. The molecule has 2 heteroatoms. The van der Waals surface area contributed by atoms with Crippen molar-refractivity contribution in [3.8, 4) is 6.07 Å². The Kier molecular flexibility index (Phi) is 4.20. The van der Waals surface area contributed by atoms with Crippen LogP contribution in [0, 0.1) is 25.2 Å². The quantitative estimate of drug-likeness (QED) is 0.874. The SMILES string of the molecule is Cc1cc(C)cc(NC(CC#N)c2ccccc2)c1. The van der Waals surface area contributed by atoms with Gasteiger partial charge in [0, 0.05) is 5.69 Å². The van der Waals surface area contributed by atoms with E-state index in [9.17, 15) is 0 Å². The van der Waals surface area contributed by atoms with E-state index in [0.717, 1.165) is 11.3 Å². The van der Waals surface area contributed by atoms with Crippen LogP contribution in [-0.2, 0) is 0 Å². The summed E-state index contributed by atoms with van der Waals surface area (Å²) in [6.07, 6.45) is 0.455. The van der Waals surface area contributed by atoms with Crippen LogP contribution in [0.4, 0.5) is 5.69 Å². The van der Waals surface area contributed by atoms with Crippen LogP contribution in [0.3, 0.4) is 0 Å². The summed E-state index contributed by atoms with van der Waals surface area (Å²) in [5.41, 5.74) is 4.67. The number of benzene rings is 2. The van der Waals surface area contributed by atoms with E-state index in [1.54, 1.807) is 0 Å². The number of nitriles is 1. The highest BCUT2D eigenvalue weighted by Crippen LogP contribution is 2.23. The fourth-order valence-electron chi connectivity index (χ4n) is 2.29. The Balaban J connectivity index is 2.24. The molecule has 0 heterocycles. The van der Waals surface area contributed by atoms with Crippen LogP contribution in [0.5, 0.6) is 0 Å². The van der Waals surface area contributed by atoms with Crippen LogP contribution >= 0.6 is 0 Å². The van der Waals surface area contributed by atoms with Gasteiger partial charge >= 0.3 is 0 Å². The van der Waals surface area contributed by atoms with Gasteiger partial charge in [-0.2, -0.15) is 5.26 Å². The van der Waals surface area contributed by atoms with Gasteiger partial charge in [0.05, 0.1) is 18.5 Å². The van der Waals surface area contributed by atoms with Gasteiger partial charge in [0.2, 0.25) is 0 Å². The molecule has 0 spiro atoms. The summed E-state index contributed by atoms with van der Waals surface area (Å²) < 4.78 is 0. The Morgan fingerprint density at radius 3 is 2.26 bits per heavy atom. The maximum atomic E-state index is 9.00. The largest absolute Gasteiger partial charge is 0.377 e. The lowest BCUT2D eigenvalue weighted by Crippen LogP contribution is -2.10. The van der Waals surface area contributed by atoms with Crippen LogP contribution in [0.1, 0.15) is 29.2 Å². The van der Waals surface area contributed by atoms with E-state index in [2.05, 4.69) is 55.6 Å². The lowest BCUT2D eigenvalue weighted by atomic mass is 10.0. The van der Waals surface area contributed by atoms with E-state index in [4.69, 9.17) is 5.26 Å². The molecule has 0 bridgehead atoms. The maximum Gasteiger partial charge on any atom is 0.0647 e. The summed E-state index contributed by atoms with van der Waals surface area (Å²) in [6, 6.07) is 18.8. The molecule has 1 unspecified atom stereocenters. The molecule has 2 aromatic carbocycles. The molecule has 0 saturated carbocycles. The predicted molar refractivity (Wildman–Crippen MR) is 79.0 cm³/mol. The van der Waals surface area contributed by atoms with Crippen molar-refractivity contribution in [1.82, 2.24) is 0 Å². The molecular weight excluding hydrogens is 232 g/mol. The van der Waals surface area contributed by atoms with Gasteiger partial charge in [0.1, 0.15) is 0 Å². The molecule has 0 aromatic heterocycles. The average Bonchev–Trinajstić information content (AvgIpc) is 2.38. The van der Waals surface area contributed by atoms with Gasteiger partial charge in [0.25, 0.3) is 0 Å². The standard InChI is InChI=1S/C17H18N2/c1-13-10-14(2)12-16(11-13)19-17(8-9-18)15-6-4-3-5-7-15/h3-7,10-12,17,19H,8H2,1-2H3. The second-order valence-electron chi connectivity index (χ2n) is 4.85. The van der Waals surface area contributed by atoms with Gasteiger partial charge in [-0.1, -0.05) is 36.4 Å². The van der Waals surface area contributed by atoms with Gasteiger partial charge in [-0.05, 0) is 42.7 Å². The highest BCUT2D eigenvalue weighted by atomic mass is 14.9. The minimum atomic E-state index is 0.0346. The van der Waals surface area contributed by atoms with Crippen LogP contribution in [0.15, 0.2) is 48.5 Å². The van der Waals surface area contributed by atoms with Crippen molar-refractivity contribution in [2.45, 2.75) is 26.3 Å². The number of nitrogens with zero attached hydrogens (tertiary/aromatic N) is 1. The van der Waals surface area contributed by atoms with Gasteiger partial charge in [-0.25, -0.2) is 0 Å². The molecule has 96 valence electrons. The van der Waals surface area contributed by atoms with E-state index in [0.29, 0.717) is 6.42 Å². The number of nitrogens with one attached hydrogen (secondary N) is 1. The van der Waals surface area contributed by atoms with Crippen LogP contribution in [-0.4, -0.2) is 0 Å². The van der Waals surface area contributed by atoms with Crippen molar-refractivity contribution >= 4 is 5.69 Å². The van der Waals surface area contributed by atoms with Crippen molar-refractivity contribution in [1.29, 1.82) is 5.26 Å². The molecule has 0 aliphatic heterocycles. The maximum absolute atomic E-state index is 9.00. The zero-order chi connectivity index (χ0) is 13.7. The highest BCUT2D eigenvalue weighted by Gasteiger charge is 2.10. The highest BCUT2D eigenvalue weighted by molar-refractivity contribution is 5.50. The molecule has 0 aliphatic rings. The van der Waals surface area contributed by atoms with Crippen molar-refractivity contribution in [3.05, 3.63) is 65.2 Å². The van der Waals surface area contributed by atoms with E-state index in [-0.39, 0.29) is 6.04 Å². The van der Waals surface area contributed by atoms with E-state index >= 15 is 0 Å². The van der Waals surface area contributed by atoms with Gasteiger partial charge < -0.3 is 5.32 Å². The van der Waals surface area contributed by atoms with Gasteiger partial charge in [-0.3, -0.25) is 0 Å². The molecule has 0 fully saturated rings. The molecule has 0 saturated heterocycles. The monoisotopic (exact) mass is 250 g/mol. The topological polar surface area (TPSA) is 35.8 Å². The van der Waals surface area contributed by atoms with Crippen LogP contribution in [0.2, 0.25) is 0 Å². The molecule has 0 amide bonds. The molecule has 2 rings (SSSR count). The zero-order valence-corrected chi connectivity index (χ0v) is 11.4. The summed E-state index contributed by atoms with van der Waals surface area (Å²) >= 11 is 0. The third-order valence-corrected chi connectivity index (χ3v) is 3.06. The fourth-order valence-corrected chi connectivity index (χ4v) is 2.29. The van der Waals surface area contributed by atoms with Crippen LogP contribution < -0.4 is 5.32 Å². The number of rotatable bonds is 4. The number of hydrogen-bond donors (Lipinski definition) is 1. The first kappa shape index (κ1) is 13.2. The summed E-state index contributed by atoms with van der Waals surface area (Å²) in [7, 11) is 0. The Bertz CT molecular complexity index is 562. The molecule has 2 nitrogen and oxygen atoms in total. The fraction of sp³-hybridized carbons (Fsp3) is 0.235. The first-order valence-electron chi connectivity index (χ1n) is 6.46. The van der Waals surface area contributed by atoms with Crippen molar-refractivity contribution < 1.29 is 0 Å². The van der Waals surface area contributed by atoms with Crippen molar-refractivity contribution in [3.63, 3.8) is 0 Å². The second-order valence-corrected chi connectivity index (χ2v) is 4.85. The first-order valence-corrected chi connectivity index (χ1v) is 6.46. The van der Waals surface area contributed by atoms with E-state index in [1.807, 2.05) is 18.2 Å². The Hall–Kier alpha value is -2.27. The summed E-state index contributed by atoms with van der Waals surface area (Å²) in [5.74, 6) is 0. The smallest absolute Gasteiger partial charge is 0.0647 e. The second kappa shape index (κ2) is 6.06. The average molecular weight is 250 g/mol. The predicted octanol–water partition coefficient (Wildman–Crippen LogP) is 4.37. The lowest BCUT2D eigenvalue weighted by Gasteiger charge is -2.18. The normalized spacial score (nSPS) is 11.6. The minimum Gasteiger partial charge on any atom is -0.377 e. The Morgan fingerprint density at radius 1 is 1.05 bits per heavy atom. The Labute approximate surface area is 114 Å². The third kappa shape index (κ3) is 3.59. The molecule has 2 aromatic rings. The Morgan fingerprint density at radius 2 is 1.68 bits per heavy atom. The lowest BCUT2D eigenvalue weighted by molar-refractivity contribution is 0.806. The summed E-state index contributed by atoms with van der Waals surface area (Å²) in [6.45, 7) is 4.17. The molecular formula is C17H18N2. The molecule has 0 radical (unpaired) electrons. The molecule has 0 aliphatic carbocycles. The first-order chi connectivity index (χ1) is 9.19. The number of hydrogen-bond acceptors (Lipinski definition) is 2. The molecule has 1 N–H and O–H groups in total.